The van der Waals surface area contributed by atoms with Crippen LogP contribution in [0.15, 0.2) is 35.4 Å². The molecule has 2 aliphatic heterocycles. The Kier molecular flexibility index (Phi) is 5.67. The number of amides is 1. The van der Waals surface area contributed by atoms with Gasteiger partial charge in [0.1, 0.15) is 11.4 Å². The van der Waals surface area contributed by atoms with E-state index in [9.17, 15) is 9.59 Å². The lowest BCUT2D eigenvalue weighted by Gasteiger charge is -2.26. The van der Waals surface area contributed by atoms with Gasteiger partial charge in [0, 0.05) is 31.5 Å². The summed E-state index contributed by atoms with van der Waals surface area (Å²) in [5.41, 5.74) is 7.73. The number of piperidine rings is 1. The Balaban J connectivity index is 1.49. The summed E-state index contributed by atoms with van der Waals surface area (Å²) in [7, 11) is 0. The van der Waals surface area contributed by atoms with E-state index in [1.807, 2.05) is 36.2 Å². The molecule has 1 unspecified atom stereocenters. The molecule has 2 aliphatic rings. The first-order chi connectivity index (χ1) is 14.0. The molecule has 154 valence electrons. The standard InChI is InChI=1S/C22H29N5O2/c1-15-6-11-27(18-4-8-24-9-5-18)22(29)20(15)21(28)26-10-7-17(14-26)12-16-2-3-19(23)25-13-16/h2-3,6,11,13,17-18,24H,4-5,7-10,12,14H2,1H3,(H2,23,25). The molecule has 0 aromatic carbocycles. The molecule has 2 fully saturated rings. The second-order valence-corrected chi connectivity index (χ2v) is 8.27. The van der Waals surface area contributed by atoms with Crippen molar-refractivity contribution >= 4 is 11.7 Å². The van der Waals surface area contributed by atoms with Crippen LogP contribution < -0.4 is 16.6 Å². The Morgan fingerprint density at radius 3 is 2.76 bits per heavy atom. The maximum Gasteiger partial charge on any atom is 0.263 e. The summed E-state index contributed by atoms with van der Waals surface area (Å²) >= 11 is 0. The second-order valence-electron chi connectivity index (χ2n) is 8.27. The van der Waals surface area contributed by atoms with Crippen molar-refractivity contribution in [3.05, 3.63) is 57.6 Å². The largest absolute Gasteiger partial charge is 0.384 e. The number of hydrogen-bond acceptors (Lipinski definition) is 5. The number of nitrogens with two attached hydrogens (primary N) is 1. The van der Waals surface area contributed by atoms with Crippen molar-refractivity contribution in [1.29, 1.82) is 0 Å². The van der Waals surface area contributed by atoms with E-state index in [-0.39, 0.29) is 17.5 Å². The third-order valence-corrected chi connectivity index (χ3v) is 6.19. The minimum Gasteiger partial charge on any atom is -0.384 e. The smallest absolute Gasteiger partial charge is 0.263 e. The highest BCUT2D eigenvalue weighted by Gasteiger charge is 2.30. The van der Waals surface area contributed by atoms with E-state index in [0.717, 1.165) is 49.9 Å². The molecule has 0 saturated carbocycles. The third kappa shape index (κ3) is 4.19. The summed E-state index contributed by atoms with van der Waals surface area (Å²) in [6.45, 7) is 5.02. The summed E-state index contributed by atoms with van der Waals surface area (Å²) < 4.78 is 1.77. The molecule has 0 bridgehead atoms. The molecule has 1 atom stereocenters. The van der Waals surface area contributed by atoms with Gasteiger partial charge in [-0.15, -0.1) is 0 Å². The van der Waals surface area contributed by atoms with E-state index in [0.29, 0.717) is 30.4 Å². The van der Waals surface area contributed by atoms with Crippen molar-refractivity contribution < 1.29 is 4.79 Å². The number of carbonyl (C=O) groups is 1. The minimum atomic E-state index is -0.145. The third-order valence-electron chi connectivity index (χ3n) is 6.19. The first-order valence-electron chi connectivity index (χ1n) is 10.4. The van der Waals surface area contributed by atoms with Crippen LogP contribution in [-0.4, -0.2) is 46.5 Å². The number of nitrogens with zero attached hydrogens (tertiary/aromatic N) is 3. The lowest BCUT2D eigenvalue weighted by atomic mass is 10.00. The van der Waals surface area contributed by atoms with Gasteiger partial charge in [0.05, 0.1) is 0 Å². The number of nitrogens with one attached hydrogen (secondary N) is 1. The number of rotatable bonds is 4. The predicted octanol–water partition coefficient (Wildman–Crippen LogP) is 1.76. The van der Waals surface area contributed by atoms with Crippen molar-refractivity contribution in [2.24, 2.45) is 5.92 Å². The van der Waals surface area contributed by atoms with Crippen LogP contribution in [0.3, 0.4) is 0 Å². The first-order valence-corrected chi connectivity index (χ1v) is 10.4. The summed E-state index contributed by atoms with van der Waals surface area (Å²) in [5, 5.41) is 3.32. The van der Waals surface area contributed by atoms with E-state index in [1.54, 1.807) is 10.8 Å². The Morgan fingerprint density at radius 2 is 2.03 bits per heavy atom. The summed E-state index contributed by atoms with van der Waals surface area (Å²) in [6.07, 6.45) is 7.29. The maximum absolute atomic E-state index is 13.2. The topological polar surface area (TPSA) is 93.2 Å². The molecule has 2 saturated heterocycles. The maximum atomic E-state index is 13.2. The van der Waals surface area contributed by atoms with Crippen LogP contribution >= 0.6 is 0 Å². The molecule has 0 aliphatic carbocycles. The van der Waals surface area contributed by atoms with Crippen LogP contribution in [-0.2, 0) is 6.42 Å². The number of anilines is 1. The second kappa shape index (κ2) is 8.37. The number of pyridine rings is 2. The predicted molar refractivity (Wildman–Crippen MR) is 113 cm³/mol. The highest BCUT2D eigenvalue weighted by atomic mass is 16.2. The van der Waals surface area contributed by atoms with Crippen LogP contribution in [0.1, 0.15) is 46.8 Å². The van der Waals surface area contributed by atoms with E-state index in [4.69, 9.17) is 5.73 Å². The van der Waals surface area contributed by atoms with E-state index in [1.165, 1.54) is 0 Å². The Morgan fingerprint density at radius 1 is 1.24 bits per heavy atom. The fourth-order valence-corrected chi connectivity index (χ4v) is 4.51. The van der Waals surface area contributed by atoms with Gasteiger partial charge < -0.3 is 20.5 Å². The fraction of sp³-hybridized carbons (Fsp3) is 0.500. The molecule has 3 N–H and O–H groups in total. The molecular formula is C22H29N5O2. The molecule has 7 heteroatoms. The van der Waals surface area contributed by atoms with Gasteiger partial charge in [-0.2, -0.15) is 0 Å². The van der Waals surface area contributed by atoms with Gasteiger partial charge >= 0.3 is 0 Å². The summed E-state index contributed by atoms with van der Waals surface area (Å²) in [5.74, 6) is 0.760. The van der Waals surface area contributed by atoms with Crippen molar-refractivity contribution in [2.75, 3.05) is 31.9 Å². The van der Waals surface area contributed by atoms with E-state index in [2.05, 4.69) is 10.3 Å². The highest BCUT2D eigenvalue weighted by molar-refractivity contribution is 5.95. The summed E-state index contributed by atoms with van der Waals surface area (Å²) in [4.78, 5) is 32.4. The normalized spacial score (nSPS) is 20.2. The number of carbonyl (C=O) groups excluding carboxylic acids is 1. The molecule has 4 rings (SSSR count). The number of nitrogen functional groups attached to an aromatic ring is 1. The van der Waals surface area contributed by atoms with Crippen molar-refractivity contribution in [2.45, 2.75) is 38.6 Å². The van der Waals surface area contributed by atoms with E-state index >= 15 is 0 Å². The SMILES string of the molecule is Cc1ccn(C2CCNCC2)c(=O)c1C(=O)N1CCC(Cc2ccc(N)nc2)C1. The quantitative estimate of drug-likeness (QED) is 0.823. The average molecular weight is 396 g/mol. The van der Waals surface area contributed by atoms with Gasteiger partial charge in [0.15, 0.2) is 0 Å². The highest BCUT2D eigenvalue weighted by Crippen LogP contribution is 2.23. The molecule has 1 amide bonds. The number of aryl methyl sites for hydroxylation is 1. The fourth-order valence-electron chi connectivity index (χ4n) is 4.51. The van der Waals surface area contributed by atoms with Crippen LogP contribution in [0, 0.1) is 12.8 Å². The molecule has 29 heavy (non-hydrogen) atoms. The molecule has 2 aromatic heterocycles. The zero-order valence-corrected chi connectivity index (χ0v) is 16.9. The average Bonchev–Trinajstić information content (AvgIpc) is 3.19. The van der Waals surface area contributed by atoms with Gasteiger partial charge in [0.25, 0.3) is 11.5 Å². The van der Waals surface area contributed by atoms with Gasteiger partial charge in [-0.1, -0.05) is 6.07 Å². The monoisotopic (exact) mass is 395 g/mol. The lowest BCUT2D eigenvalue weighted by molar-refractivity contribution is 0.0783. The van der Waals surface area contributed by atoms with Crippen molar-refractivity contribution in [3.8, 4) is 0 Å². The lowest BCUT2D eigenvalue weighted by Crippen LogP contribution is -2.39. The van der Waals surface area contributed by atoms with Gasteiger partial charge in [0.2, 0.25) is 0 Å². The van der Waals surface area contributed by atoms with E-state index < -0.39 is 0 Å². The van der Waals surface area contributed by atoms with Gasteiger partial charge in [-0.25, -0.2) is 4.98 Å². The summed E-state index contributed by atoms with van der Waals surface area (Å²) in [6, 6.07) is 5.88. The Bertz CT molecular complexity index is 931. The molecule has 4 heterocycles. The zero-order chi connectivity index (χ0) is 20.4. The Labute approximate surface area is 170 Å². The van der Waals surface area contributed by atoms with Crippen LogP contribution in [0.5, 0.6) is 0 Å². The Hall–Kier alpha value is -2.67. The minimum absolute atomic E-state index is 0.131. The first kappa shape index (κ1) is 19.6. The molecule has 7 nitrogen and oxygen atoms in total. The van der Waals surface area contributed by atoms with Crippen LogP contribution in [0.25, 0.3) is 0 Å². The number of hydrogen-bond donors (Lipinski definition) is 2. The van der Waals surface area contributed by atoms with Gasteiger partial charge in [-0.3, -0.25) is 9.59 Å². The van der Waals surface area contributed by atoms with Crippen molar-refractivity contribution in [3.63, 3.8) is 0 Å². The molecule has 0 spiro atoms. The molecule has 0 radical (unpaired) electrons. The van der Waals surface area contributed by atoms with Crippen LogP contribution in [0.2, 0.25) is 0 Å². The molecular weight excluding hydrogens is 366 g/mol. The van der Waals surface area contributed by atoms with Gasteiger partial charge in [-0.05, 0) is 74.9 Å². The zero-order valence-electron chi connectivity index (χ0n) is 16.9. The number of aromatic nitrogens is 2. The number of likely N-dealkylation sites (tertiary alicyclic amines) is 1. The van der Waals surface area contributed by atoms with Crippen molar-refractivity contribution in [1.82, 2.24) is 19.8 Å². The van der Waals surface area contributed by atoms with Crippen LogP contribution in [0.4, 0.5) is 5.82 Å². The molecule has 2 aromatic rings.